The summed E-state index contributed by atoms with van der Waals surface area (Å²) in [6, 6.07) is 8.44. The van der Waals surface area contributed by atoms with Crippen LogP contribution in [0.2, 0.25) is 5.02 Å². The van der Waals surface area contributed by atoms with Gasteiger partial charge in [-0.25, -0.2) is 0 Å². The molecule has 2 saturated carbocycles. The molecule has 1 aromatic carbocycles. The molecule has 0 spiro atoms. The summed E-state index contributed by atoms with van der Waals surface area (Å²) in [6.45, 7) is 1.99. The monoisotopic (exact) mass is 414 g/mol. The lowest BCUT2D eigenvalue weighted by Crippen LogP contribution is -2.44. The summed E-state index contributed by atoms with van der Waals surface area (Å²) in [5.74, 6) is 1.00. The molecular formula is C21H23ClN4OS. The maximum absolute atomic E-state index is 13.4. The Bertz CT molecular complexity index is 996. The maximum Gasteiger partial charge on any atom is 0.261 e. The van der Waals surface area contributed by atoms with Crippen molar-refractivity contribution in [2.24, 2.45) is 0 Å². The first kappa shape index (κ1) is 18.3. The van der Waals surface area contributed by atoms with Gasteiger partial charge in [0.05, 0.1) is 10.4 Å². The molecule has 2 aromatic rings. The lowest BCUT2D eigenvalue weighted by molar-refractivity contribution is -0.128. The molecule has 1 aliphatic heterocycles. The number of amides is 1. The van der Waals surface area contributed by atoms with Crippen molar-refractivity contribution in [2.75, 3.05) is 7.05 Å². The number of hydrogen-bond donors (Lipinski definition) is 0. The first-order chi connectivity index (χ1) is 13.5. The minimum atomic E-state index is -0.435. The molecule has 2 heterocycles. The SMILES string of the molecule is Cc1nnc(SC2=C3CCCC[C@@]3(c3ccccc3Cl)N(C)C2=O)n1C1CC1. The van der Waals surface area contributed by atoms with Gasteiger partial charge in [-0.2, -0.15) is 0 Å². The van der Waals surface area contributed by atoms with Crippen molar-refractivity contribution in [3.63, 3.8) is 0 Å². The van der Waals surface area contributed by atoms with Crippen molar-refractivity contribution < 1.29 is 4.79 Å². The highest BCUT2D eigenvalue weighted by atomic mass is 35.5. The van der Waals surface area contributed by atoms with Crippen molar-refractivity contribution in [3.05, 3.63) is 51.2 Å². The third-order valence-electron chi connectivity index (χ3n) is 6.32. The van der Waals surface area contributed by atoms with Crippen LogP contribution in [0.4, 0.5) is 0 Å². The number of hydrogen-bond acceptors (Lipinski definition) is 4. The third-order valence-corrected chi connectivity index (χ3v) is 7.74. The lowest BCUT2D eigenvalue weighted by atomic mass is 9.73. The van der Waals surface area contributed by atoms with Crippen molar-refractivity contribution in [1.82, 2.24) is 19.7 Å². The molecule has 0 saturated heterocycles. The largest absolute Gasteiger partial charge is 0.328 e. The second-order valence-corrected chi connectivity index (χ2v) is 9.34. The predicted molar refractivity (Wildman–Crippen MR) is 110 cm³/mol. The van der Waals surface area contributed by atoms with Crippen LogP contribution in [-0.4, -0.2) is 32.6 Å². The van der Waals surface area contributed by atoms with Crippen LogP contribution in [0.3, 0.4) is 0 Å². The van der Waals surface area contributed by atoms with Crippen molar-refractivity contribution in [3.8, 4) is 0 Å². The highest BCUT2D eigenvalue weighted by molar-refractivity contribution is 8.03. The average molecular weight is 415 g/mol. The van der Waals surface area contributed by atoms with E-state index >= 15 is 0 Å². The molecule has 7 heteroatoms. The van der Waals surface area contributed by atoms with Crippen LogP contribution < -0.4 is 0 Å². The normalized spacial score (nSPS) is 24.8. The van der Waals surface area contributed by atoms with E-state index < -0.39 is 5.54 Å². The molecule has 2 aliphatic carbocycles. The van der Waals surface area contributed by atoms with Crippen molar-refractivity contribution >= 4 is 29.3 Å². The summed E-state index contributed by atoms with van der Waals surface area (Å²) in [5.41, 5.74) is 1.81. The van der Waals surface area contributed by atoms with Crippen LogP contribution in [0.5, 0.6) is 0 Å². The molecule has 0 bridgehead atoms. The Morgan fingerprint density at radius 1 is 1.21 bits per heavy atom. The van der Waals surface area contributed by atoms with Crippen molar-refractivity contribution in [2.45, 2.75) is 62.2 Å². The van der Waals surface area contributed by atoms with Crippen molar-refractivity contribution in [1.29, 1.82) is 0 Å². The molecule has 28 heavy (non-hydrogen) atoms. The van der Waals surface area contributed by atoms with Crippen LogP contribution >= 0.6 is 23.4 Å². The molecule has 0 radical (unpaired) electrons. The Morgan fingerprint density at radius 2 is 2.00 bits per heavy atom. The van der Waals surface area contributed by atoms with E-state index in [0.29, 0.717) is 6.04 Å². The van der Waals surface area contributed by atoms with E-state index in [4.69, 9.17) is 11.6 Å². The smallest absolute Gasteiger partial charge is 0.261 e. The lowest BCUT2D eigenvalue weighted by Gasteiger charge is -2.42. The Hall–Kier alpha value is -1.79. The Balaban J connectivity index is 1.64. The number of nitrogens with zero attached hydrogens (tertiary/aromatic N) is 4. The number of carbonyl (C=O) groups excluding carboxylic acids is 1. The second kappa shape index (κ2) is 6.63. The fourth-order valence-corrected chi connectivity index (χ4v) is 6.36. The van der Waals surface area contributed by atoms with E-state index in [1.54, 1.807) is 0 Å². The van der Waals surface area contributed by atoms with Gasteiger partial charge in [0.15, 0.2) is 5.16 Å². The molecule has 146 valence electrons. The van der Waals surface area contributed by atoms with Crippen LogP contribution in [-0.2, 0) is 10.3 Å². The van der Waals surface area contributed by atoms with Crippen LogP contribution in [0.15, 0.2) is 39.9 Å². The molecule has 2 fully saturated rings. The summed E-state index contributed by atoms with van der Waals surface area (Å²) >= 11 is 8.12. The van der Waals surface area contributed by atoms with Gasteiger partial charge in [0.25, 0.3) is 5.91 Å². The maximum atomic E-state index is 13.4. The summed E-state index contributed by atoms with van der Waals surface area (Å²) in [5, 5.41) is 10.2. The molecule has 5 rings (SSSR count). The topological polar surface area (TPSA) is 51.0 Å². The minimum absolute atomic E-state index is 0.0739. The van der Waals surface area contributed by atoms with Gasteiger partial charge < -0.3 is 9.47 Å². The van der Waals surface area contributed by atoms with Gasteiger partial charge in [0.1, 0.15) is 5.82 Å². The molecule has 5 nitrogen and oxygen atoms in total. The second-order valence-electron chi connectivity index (χ2n) is 7.95. The number of rotatable bonds is 4. The van der Waals surface area contributed by atoms with E-state index in [0.717, 1.165) is 65.0 Å². The fraction of sp³-hybridized carbons (Fsp3) is 0.476. The van der Waals surface area contributed by atoms with Gasteiger partial charge in [0.2, 0.25) is 0 Å². The Kier molecular flexibility index (Phi) is 4.32. The van der Waals surface area contributed by atoms with Crippen LogP contribution in [0, 0.1) is 6.92 Å². The number of benzene rings is 1. The average Bonchev–Trinajstić information content (AvgIpc) is 3.44. The summed E-state index contributed by atoms with van der Waals surface area (Å²) in [7, 11) is 1.92. The summed E-state index contributed by atoms with van der Waals surface area (Å²) in [4.78, 5) is 16.1. The van der Waals surface area contributed by atoms with Gasteiger partial charge in [0, 0.05) is 23.7 Å². The molecule has 1 aromatic heterocycles. The van der Waals surface area contributed by atoms with Gasteiger partial charge >= 0.3 is 0 Å². The number of fused-ring (bicyclic) bond motifs is 1. The van der Waals surface area contributed by atoms with Crippen LogP contribution in [0.25, 0.3) is 0 Å². The highest BCUT2D eigenvalue weighted by Crippen LogP contribution is 2.55. The third kappa shape index (κ3) is 2.57. The minimum Gasteiger partial charge on any atom is -0.328 e. The zero-order chi connectivity index (χ0) is 19.5. The zero-order valence-corrected chi connectivity index (χ0v) is 17.7. The van der Waals surface area contributed by atoms with Gasteiger partial charge in [-0.1, -0.05) is 36.2 Å². The van der Waals surface area contributed by atoms with E-state index in [-0.39, 0.29) is 5.91 Å². The number of carbonyl (C=O) groups is 1. The molecule has 0 unspecified atom stereocenters. The van der Waals surface area contributed by atoms with Gasteiger partial charge in [-0.3, -0.25) is 4.79 Å². The number of likely N-dealkylation sites (N-methyl/N-ethyl adjacent to an activating group) is 1. The summed E-state index contributed by atoms with van der Waals surface area (Å²) in [6.07, 6.45) is 6.33. The first-order valence-corrected chi connectivity index (χ1v) is 11.1. The molecular weight excluding hydrogens is 392 g/mol. The number of thioether (sulfide) groups is 1. The quantitative estimate of drug-likeness (QED) is 0.716. The zero-order valence-electron chi connectivity index (χ0n) is 16.1. The number of aryl methyl sites for hydroxylation is 1. The Morgan fingerprint density at radius 3 is 2.75 bits per heavy atom. The van der Waals surface area contributed by atoms with E-state index in [1.807, 2.05) is 37.1 Å². The van der Waals surface area contributed by atoms with Gasteiger partial charge in [-0.15, -0.1) is 10.2 Å². The predicted octanol–water partition coefficient (Wildman–Crippen LogP) is 4.86. The number of halogens is 1. The highest BCUT2D eigenvalue weighted by Gasteiger charge is 2.52. The molecule has 0 N–H and O–H groups in total. The molecule has 1 atom stereocenters. The fourth-order valence-electron chi connectivity index (χ4n) is 4.81. The molecule has 1 amide bonds. The first-order valence-electron chi connectivity index (χ1n) is 9.90. The van der Waals surface area contributed by atoms with Gasteiger partial charge in [-0.05, 0) is 62.4 Å². The Labute approximate surface area is 174 Å². The number of aromatic nitrogens is 3. The molecule has 3 aliphatic rings. The van der Waals surface area contributed by atoms with Crippen LogP contribution in [0.1, 0.15) is 56.0 Å². The summed E-state index contributed by atoms with van der Waals surface area (Å²) < 4.78 is 2.20. The van der Waals surface area contributed by atoms with E-state index in [9.17, 15) is 4.79 Å². The van der Waals surface area contributed by atoms with E-state index in [1.165, 1.54) is 17.3 Å². The standard InChI is InChI=1S/C21H23ClN4OS/c1-13-23-24-20(26(13)14-10-11-14)28-18-16-8-5-6-12-21(16,25(2)19(18)27)15-7-3-4-9-17(15)22/h3-4,7,9,14H,5-6,8,10-12H2,1-2H3/t21-/m0/s1. The van der Waals surface area contributed by atoms with E-state index in [2.05, 4.69) is 20.8 Å².